The summed E-state index contributed by atoms with van der Waals surface area (Å²) in [5.41, 5.74) is -1.00. The minimum Gasteiger partial charge on any atom is -0.422 e. The molecule has 3 aromatic rings. The predicted octanol–water partition coefficient (Wildman–Crippen LogP) is 3.96. The van der Waals surface area contributed by atoms with Gasteiger partial charge in [0, 0.05) is 55.2 Å². The third kappa shape index (κ3) is 4.12. The van der Waals surface area contributed by atoms with Crippen molar-refractivity contribution in [1.82, 2.24) is 4.90 Å². The number of non-ortho nitro benzene ring substituents is 1. The van der Waals surface area contributed by atoms with Crippen LogP contribution >= 0.6 is 0 Å². The van der Waals surface area contributed by atoms with Crippen molar-refractivity contribution >= 4 is 22.7 Å². The van der Waals surface area contributed by atoms with Crippen LogP contribution in [0.5, 0.6) is 5.75 Å². The smallest absolute Gasteiger partial charge is 0.414 e. The average Bonchev–Trinajstić information content (AvgIpc) is 2.70. The molecule has 8 nitrogen and oxygen atoms in total. The Morgan fingerprint density at radius 1 is 1.23 bits per heavy atom. The number of nitrogens with zero attached hydrogens (tertiary/aromatic N) is 2. The number of nitro groups is 1. The lowest BCUT2D eigenvalue weighted by atomic mass is 9.99. The van der Waals surface area contributed by atoms with Crippen molar-refractivity contribution in [1.29, 1.82) is 0 Å². The van der Waals surface area contributed by atoms with Gasteiger partial charge in [0.25, 0.3) is 5.69 Å². The molecule has 0 unspecified atom stereocenters. The highest BCUT2D eigenvalue weighted by Gasteiger charge is 2.20. The summed E-state index contributed by atoms with van der Waals surface area (Å²) in [6.07, 6.45) is -0.985. The standard InChI is InChI=1S/C20H16F2N2O6/c1-23(2)20(26)30-18-9-17-13(8-16(18)22)15(10-21)14(19(25)29-17)7-11-4-3-5-12(6-11)24(27)28/h3-6,8-9H,7,10H2,1-2H3. The van der Waals surface area contributed by atoms with E-state index in [1.165, 1.54) is 32.3 Å². The Balaban J connectivity index is 2.10. The monoisotopic (exact) mass is 418 g/mol. The molecule has 0 aliphatic carbocycles. The van der Waals surface area contributed by atoms with Crippen LogP contribution in [-0.4, -0.2) is 30.0 Å². The number of hydrogen-bond acceptors (Lipinski definition) is 6. The molecule has 2 aromatic carbocycles. The second-order valence-electron chi connectivity index (χ2n) is 6.63. The van der Waals surface area contributed by atoms with Gasteiger partial charge in [-0.1, -0.05) is 12.1 Å². The number of benzene rings is 2. The number of hydrogen-bond donors (Lipinski definition) is 0. The van der Waals surface area contributed by atoms with Gasteiger partial charge >= 0.3 is 11.7 Å². The molecule has 10 heteroatoms. The molecule has 0 radical (unpaired) electrons. The second-order valence-corrected chi connectivity index (χ2v) is 6.63. The highest BCUT2D eigenvalue weighted by Crippen LogP contribution is 2.29. The lowest BCUT2D eigenvalue weighted by molar-refractivity contribution is -0.384. The van der Waals surface area contributed by atoms with Gasteiger partial charge in [0.05, 0.1) is 4.92 Å². The van der Waals surface area contributed by atoms with E-state index in [0.717, 1.165) is 17.0 Å². The quantitative estimate of drug-likeness (QED) is 0.353. The molecular formula is C20H16F2N2O6. The number of amides is 1. The van der Waals surface area contributed by atoms with Gasteiger partial charge in [-0.2, -0.15) is 0 Å². The maximum absolute atomic E-state index is 14.4. The molecule has 0 bridgehead atoms. The van der Waals surface area contributed by atoms with E-state index in [2.05, 4.69) is 0 Å². The molecule has 0 saturated heterocycles. The summed E-state index contributed by atoms with van der Waals surface area (Å²) < 4.78 is 38.4. The van der Waals surface area contributed by atoms with Crippen molar-refractivity contribution < 1.29 is 27.7 Å². The molecular weight excluding hydrogens is 402 g/mol. The van der Waals surface area contributed by atoms with Crippen LogP contribution in [-0.2, 0) is 13.1 Å². The van der Waals surface area contributed by atoms with Crippen molar-refractivity contribution in [2.75, 3.05) is 14.1 Å². The van der Waals surface area contributed by atoms with Crippen molar-refractivity contribution in [3.8, 4) is 5.75 Å². The Kier molecular flexibility index (Phi) is 5.77. The Labute approximate surface area is 168 Å². The van der Waals surface area contributed by atoms with Crippen LogP contribution in [0.4, 0.5) is 19.3 Å². The van der Waals surface area contributed by atoms with Gasteiger partial charge in [-0.15, -0.1) is 0 Å². The first-order valence-corrected chi connectivity index (χ1v) is 8.67. The number of alkyl halides is 1. The number of rotatable bonds is 5. The first-order chi connectivity index (χ1) is 14.2. The number of carbonyl (C=O) groups excluding carboxylic acids is 1. The minimum atomic E-state index is -1.09. The Morgan fingerprint density at radius 2 is 1.97 bits per heavy atom. The summed E-state index contributed by atoms with van der Waals surface area (Å²) in [5, 5.41) is 10.9. The lowest BCUT2D eigenvalue weighted by Gasteiger charge is -2.13. The third-order valence-corrected chi connectivity index (χ3v) is 4.37. The number of ether oxygens (including phenoxy) is 1. The Hall–Kier alpha value is -3.82. The molecule has 3 rings (SSSR count). The van der Waals surface area contributed by atoms with Gasteiger partial charge in [0.2, 0.25) is 0 Å². The molecule has 30 heavy (non-hydrogen) atoms. The van der Waals surface area contributed by atoms with Crippen LogP contribution in [0.15, 0.2) is 45.6 Å². The van der Waals surface area contributed by atoms with Gasteiger partial charge < -0.3 is 14.1 Å². The van der Waals surface area contributed by atoms with E-state index in [0.29, 0.717) is 5.56 Å². The van der Waals surface area contributed by atoms with E-state index < -0.39 is 34.9 Å². The molecule has 0 fully saturated rings. The van der Waals surface area contributed by atoms with Gasteiger partial charge in [-0.25, -0.2) is 18.4 Å². The van der Waals surface area contributed by atoms with E-state index in [-0.39, 0.29) is 34.2 Å². The van der Waals surface area contributed by atoms with Crippen LogP contribution < -0.4 is 10.4 Å². The molecule has 156 valence electrons. The fraction of sp³-hybridized carbons (Fsp3) is 0.200. The summed E-state index contributed by atoms with van der Waals surface area (Å²) in [7, 11) is 2.81. The molecule has 0 aliphatic heterocycles. The fourth-order valence-electron chi connectivity index (χ4n) is 2.88. The first-order valence-electron chi connectivity index (χ1n) is 8.67. The van der Waals surface area contributed by atoms with Gasteiger partial charge in [0.1, 0.15) is 12.3 Å². The van der Waals surface area contributed by atoms with Gasteiger partial charge in [-0.3, -0.25) is 10.1 Å². The summed E-state index contributed by atoms with van der Waals surface area (Å²) >= 11 is 0. The van der Waals surface area contributed by atoms with E-state index in [9.17, 15) is 28.5 Å². The molecule has 1 amide bonds. The first kappa shape index (κ1) is 20.9. The maximum atomic E-state index is 14.4. The van der Waals surface area contributed by atoms with Crippen LogP contribution in [0.1, 0.15) is 16.7 Å². The Morgan fingerprint density at radius 3 is 2.60 bits per heavy atom. The van der Waals surface area contributed by atoms with Crippen LogP contribution in [0.3, 0.4) is 0 Å². The molecule has 0 atom stereocenters. The molecule has 0 saturated carbocycles. The van der Waals surface area contributed by atoms with Crippen LogP contribution in [0.2, 0.25) is 0 Å². The minimum absolute atomic E-state index is 0.000294. The second kappa shape index (κ2) is 8.27. The molecule has 0 aliphatic rings. The number of nitro benzene ring substituents is 1. The molecule has 1 heterocycles. The number of halogens is 2. The number of carbonyl (C=O) groups is 1. The molecule has 0 spiro atoms. The van der Waals surface area contributed by atoms with Gasteiger partial charge in [0.15, 0.2) is 11.6 Å². The average molecular weight is 418 g/mol. The van der Waals surface area contributed by atoms with Crippen molar-refractivity contribution in [2.45, 2.75) is 13.1 Å². The zero-order valence-corrected chi connectivity index (χ0v) is 16.0. The highest BCUT2D eigenvalue weighted by molar-refractivity contribution is 5.84. The predicted molar refractivity (Wildman–Crippen MR) is 103 cm³/mol. The van der Waals surface area contributed by atoms with Crippen LogP contribution in [0, 0.1) is 15.9 Å². The van der Waals surface area contributed by atoms with Gasteiger partial charge in [-0.05, 0) is 11.6 Å². The highest BCUT2D eigenvalue weighted by atomic mass is 19.1. The summed E-state index contributed by atoms with van der Waals surface area (Å²) in [4.78, 5) is 35.6. The maximum Gasteiger partial charge on any atom is 0.414 e. The van der Waals surface area contributed by atoms with E-state index in [1.54, 1.807) is 6.07 Å². The largest absolute Gasteiger partial charge is 0.422 e. The molecule has 1 aromatic heterocycles. The number of fused-ring (bicyclic) bond motifs is 1. The summed E-state index contributed by atoms with van der Waals surface area (Å²) in [6.45, 7) is -1.09. The van der Waals surface area contributed by atoms with Crippen molar-refractivity contribution in [3.05, 3.63) is 79.4 Å². The lowest BCUT2D eigenvalue weighted by Crippen LogP contribution is -2.25. The SMILES string of the molecule is CN(C)C(=O)Oc1cc2oc(=O)c(Cc3cccc([N+](=O)[O-])c3)c(CF)c2cc1F. The van der Waals surface area contributed by atoms with E-state index in [1.807, 2.05) is 0 Å². The summed E-state index contributed by atoms with van der Waals surface area (Å²) in [6, 6.07) is 7.45. The van der Waals surface area contributed by atoms with E-state index >= 15 is 0 Å². The van der Waals surface area contributed by atoms with E-state index in [4.69, 9.17) is 9.15 Å². The van der Waals surface area contributed by atoms with Crippen LogP contribution in [0.25, 0.3) is 11.0 Å². The molecule has 0 N–H and O–H groups in total. The normalized spacial score (nSPS) is 10.8. The zero-order valence-electron chi connectivity index (χ0n) is 16.0. The zero-order chi connectivity index (χ0) is 22.0. The topological polar surface area (TPSA) is 103 Å². The fourth-order valence-corrected chi connectivity index (χ4v) is 2.88. The Bertz CT molecular complexity index is 1210. The third-order valence-electron chi connectivity index (χ3n) is 4.37. The van der Waals surface area contributed by atoms with Crippen molar-refractivity contribution in [2.24, 2.45) is 0 Å². The summed E-state index contributed by atoms with van der Waals surface area (Å²) in [5.74, 6) is -1.41. The van der Waals surface area contributed by atoms with Crippen molar-refractivity contribution in [3.63, 3.8) is 0 Å².